The minimum Gasteiger partial charge on any atom is -0.481 e. The number of carboxylic acid groups (broad SMARTS) is 2. The van der Waals surface area contributed by atoms with Gasteiger partial charge in [-0.1, -0.05) is 30.7 Å². The standard InChI is InChI=1S/C16H24NO7P.C13H18NO7P/c1-16(21,25(22,23)24)9-3-2-4-10-17-15(20)13-7-5-12(6-8-13)11-14(18)19;1-13(18,22(19,20)21)6-7-14-12(17)10-4-2-9(3-5-10)8-11(15)16/h5-8,21H,2-4,9-11H2,1H3,(H,17,20)(H,18,19)(H2,22,23,24);2-5,18H,6-8H2,1H3,(H,14,17)(H,15,16)(H2,19,20,21). The summed E-state index contributed by atoms with van der Waals surface area (Å²) in [6.45, 7) is 2.39. The lowest BCUT2D eigenvalue weighted by Crippen LogP contribution is -2.32. The number of benzene rings is 2. The summed E-state index contributed by atoms with van der Waals surface area (Å²) in [5.74, 6) is -2.67. The van der Waals surface area contributed by atoms with E-state index in [1.54, 1.807) is 24.3 Å². The quantitative estimate of drug-likeness (QED) is 0.0830. The number of aliphatic hydroxyl groups is 2. The van der Waals surface area contributed by atoms with E-state index in [0.29, 0.717) is 42.5 Å². The Morgan fingerprint density at radius 2 is 0.957 bits per heavy atom. The predicted molar refractivity (Wildman–Crippen MR) is 169 cm³/mol. The molecule has 262 valence electrons. The fourth-order valence-corrected chi connectivity index (χ4v) is 4.62. The van der Waals surface area contributed by atoms with E-state index in [9.17, 15) is 38.5 Å². The lowest BCUT2D eigenvalue weighted by molar-refractivity contribution is -0.137. The monoisotopic (exact) mass is 704 g/mol. The molecule has 2 amide bonds. The first-order valence-electron chi connectivity index (χ1n) is 14.3. The second kappa shape index (κ2) is 18.2. The van der Waals surface area contributed by atoms with Gasteiger partial charge in [-0.3, -0.25) is 28.3 Å². The molecular formula is C29H42N2O14P2. The summed E-state index contributed by atoms with van der Waals surface area (Å²) in [4.78, 5) is 80.7. The van der Waals surface area contributed by atoms with Crippen LogP contribution in [0.5, 0.6) is 0 Å². The van der Waals surface area contributed by atoms with Crippen molar-refractivity contribution in [2.24, 2.45) is 0 Å². The van der Waals surface area contributed by atoms with Crippen molar-refractivity contribution >= 4 is 38.9 Å². The van der Waals surface area contributed by atoms with E-state index < -0.39 is 43.7 Å². The van der Waals surface area contributed by atoms with Gasteiger partial charge in [0.1, 0.15) is 0 Å². The number of rotatable bonds is 17. The van der Waals surface area contributed by atoms with Crippen molar-refractivity contribution in [3.05, 3.63) is 70.8 Å². The molecule has 2 rings (SSSR count). The van der Waals surface area contributed by atoms with Crippen LogP contribution in [0.1, 0.15) is 77.8 Å². The molecule has 47 heavy (non-hydrogen) atoms. The average Bonchev–Trinajstić information content (AvgIpc) is 2.94. The molecule has 0 saturated heterocycles. The highest BCUT2D eigenvalue weighted by Crippen LogP contribution is 2.51. The number of carbonyl (C=O) groups excluding carboxylic acids is 2. The molecule has 0 fully saturated rings. The van der Waals surface area contributed by atoms with Gasteiger partial charge in [0, 0.05) is 30.6 Å². The Bertz CT molecular complexity index is 1450. The van der Waals surface area contributed by atoms with Crippen LogP contribution in [0.2, 0.25) is 0 Å². The summed E-state index contributed by atoms with van der Waals surface area (Å²) in [5, 5.41) is 37.5. The normalized spacial score (nSPS) is 14.0. The number of carbonyl (C=O) groups is 4. The first-order valence-corrected chi connectivity index (χ1v) is 17.5. The van der Waals surface area contributed by atoms with Crippen molar-refractivity contribution in [3.63, 3.8) is 0 Å². The van der Waals surface area contributed by atoms with E-state index in [4.69, 9.17) is 29.8 Å². The summed E-state index contributed by atoms with van der Waals surface area (Å²) in [7, 11) is -9.22. The molecule has 0 saturated carbocycles. The fraction of sp³-hybridized carbons (Fsp3) is 0.448. The third-order valence-electron chi connectivity index (χ3n) is 6.89. The predicted octanol–water partition coefficient (Wildman–Crippen LogP) is 1.81. The van der Waals surface area contributed by atoms with Crippen LogP contribution in [0.25, 0.3) is 0 Å². The number of hydrogen-bond donors (Lipinski definition) is 10. The highest BCUT2D eigenvalue weighted by Gasteiger charge is 2.40. The first kappa shape index (κ1) is 41.6. The maximum atomic E-state index is 11.9. The lowest BCUT2D eigenvalue weighted by Gasteiger charge is -2.24. The van der Waals surface area contributed by atoms with Gasteiger partial charge in [0.05, 0.1) is 12.8 Å². The Kier molecular flexibility index (Phi) is 16.1. The van der Waals surface area contributed by atoms with E-state index in [-0.39, 0.29) is 43.7 Å². The Morgan fingerprint density at radius 1 is 0.596 bits per heavy atom. The minimum absolute atomic E-state index is 0.0176. The summed E-state index contributed by atoms with van der Waals surface area (Å²) < 4.78 is 22.1. The van der Waals surface area contributed by atoms with Crippen LogP contribution in [0.15, 0.2) is 48.5 Å². The van der Waals surface area contributed by atoms with Gasteiger partial charge in [-0.25, -0.2) is 0 Å². The number of aliphatic carboxylic acids is 2. The van der Waals surface area contributed by atoms with E-state index in [0.717, 1.165) is 13.8 Å². The van der Waals surface area contributed by atoms with Crippen LogP contribution in [-0.2, 0) is 31.6 Å². The van der Waals surface area contributed by atoms with Gasteiger partial charge >= 0.3 is 27.1 Å². The van der Waals surface area contributed by atoms with Crippen molar-refractivity contribution in [3.8, 4) is 0 Å². The molecule has 0 aromatic heterocycles. The molecule has 0 radical (unpaired) electrons. The van der Waals surface area contributed by atoms with Crippen LogP contribution in [-0.4, -0.2) is 87.5 Å². The number of amides is 2. The van der Waals surface area contributed by atoms with Gasteiger partial charge in [0.2, 0.25) is 0 Å². The molecule has 2 aromatic carbocycles. The molecule has 16 nitrogen and oxygen atoms in total. The summed E-state index contributed by atoms with van der Waals surface area (Å²) in [6.07, 6.45) is 1.08. The Balaban J connectivity index is 0.000000474. The van der Waals surface area contributed by atoms with Crippen LogP contribution in [0, 0.1) is 0 Å². The van der Waals surface area contributed by atoms with Gasteiger partial charge in [0.15, 0.2) is 10.7 Å². The molecule has 2 unspecified atom stereocenters. The topological polar surface area (TPSA) is 288 Å². The van der Waals surface area contributed by atoms with Gasteiger partial charge < -0.3 is 50.6 Å². The smallest absolute Gasteiger partial charge is 0.356 e. The summed E-state index contributed by atoms with van der Waals surface area (Å²) in [6, 6.07) is 12.2. The highest BCUT2D eigenvalue weighted by molar-refractivity contribution is 7.53. The Hall–Kier alpha value is -3.46. The number of unbranched alkanes of at least 4 members (excludes halogenated alkanes) is 2. The Labute approximate surface area is 271 Å². The molecule has 0 spiro atoms. The molecule has 0 aliphatic rings. The maximum absolute atomic E-state index is 11.9. The molecule has 0 aliphatic heterocycles. The number of hydrogen-bond acceptors (Lipinski definition) is 8. The van der Waals surface area contributed by atoms with Crippen molar-refractivity contribution in [2.45, 2.75) is 69.5 Å². The van der Waals surface area contributed by atoms with E-state index in [2.05, 4.69) is 10.6 Å². The van der Waals surface area contributed by atoms with Gasteiger partial charge in [-0.15, -0.1) is 0 Å². The maximum Gasteiger partial charge on any atom is 0.356 e. The SMILES string of the molecule is CC(O)(CCCCCNC(=O)c1ccc(CC(=O)O)cc1)P(=O)(O)O.CC(O)(CCNC(=O)c1ccc(CC(=O)O)cc1)P(=O)(O)O. The zero-order valence-electron chi connectivity index (χ0n) is 25.9. The van der Waals surface area contributed by atoms with Crippen LogP contribution in [0.3, 0.4) is 0 Å². The van der Waals surface area contributed by atoms with Crippen LogP contribution >= 0.6 is 15.2 Å². The first-order chi connectivity index (χ1) is 21.6. The molecule has 0 bridgehead atoms. The van der Waals surface area contributed by atoms with Crippen molar-refractivity contribution in [1.29, 1.82) is 0 Å². The third kappa shape index (κ3) is 15.3. The molecule has 0 aliphatic carbocycles. The Morgan fingerprint density at radius 3 is 1.32 bits per heavy atom. The molecule has 2 aromatic rings. The van der Waals surface area contributed by atoms with Crippen molar-refractivity contribution in [2.75, 3.05) is 13.1 Å². The van der Waals surface area contributed by atoms with Crippen LogP contribution < -0.4 is 10.6 Å². The van der Waals surface area contributed by atoms with Gasteiger partial charge in [0.25, 0.3) is 11.8 Å². The molecule has 2 atom stereocenters. The zero-order chi connectivity index (χ0) is 36.1. The van der Waals surface area contributed by atoms with E-state index in [1.165, 1.54) is 24.3 Å². The highest BCUT2D eigenvalue weighted by atomic mass is 31.2. The average molecular weight is 705 g/mol. The third-order valence-corrected chi connectivity index (χ3v) is 9.85. The van der Waals surface area contributed by atoms with Crippen molar-refractivity contribution < 1.29 is 68.3 Å². The number of carboxylic acids is 2. The van der Waals surface area contributed by atoms with E-state index >= 15 is 0 Å². The molecule has 10 N–H and O–H groups in total. The largest absolute Gasteiger partial charge is 0.481 e. The van der Waals surface area contributed by atoms with E-state index in [1.807, 2.05) is 0 Å². The summed E-state index contributed by atoms with van der Waals surface area (Å²) in [5.41, 5.74) is 1.87. The lowest BCUT2D eigenvalue weighted by atomic mass is 10.1. The van der Waals surface area contributed by atoms with Gasteiger partial charge in [-0.05, 0) is 68.5 Å². The van der Waals surface area contributed by atoms with Crippen molar-refractivity contribution in [1.82, 2.24) is 10.6 Å². The van der Waals surface area contributed by atoms with Gasteiger partial charge in [-0.2, -0.15) is 0 Å². The summed E-state index contributed by atoms with van der Waals surface area (Å²) >= 11 is 0. The molecule has 18 heteroatoms. The second-order valence-electron chi connectivity index (χ2n) is 11.1. The minimum atomic E-state index is -4.67. The molecule has 0 heterocycles. The zero-order valence-corrected chi connectivity index (χ0v) is 27.7. The number of nitrogens with one attached hydrogen (secondary N) is 2. The second-order valence-corrected chi connectivity index (χ2v) is 15.2. The molecular weight excluding hydrogens is 662 g/mol. The fourth-order valence-electron chi connectivity index (χ4n) is 3.77. The van der Waals surface area contributed by atoms with Crippen LogP contribution in [0.4, 0.5) is 0 Å².